The molecule has 0 radical (unpaired) electrons. The summed E-state index contributed by atoms with van der Waals surface area (Å²) in [7, 11) is -4.05. The second-order valence-corrected chi connectivity index (χ2v) is 9.41. The molecule has 1 amide bonds. The normalized spacial score (nSPS) is 12.4. The quantitative estimate of drug-likeness (QED) is 0.377. The molecule has 0 saturated carbocycles. The van der Waals surface area contributed by atoms with Gasteiger partial charge in [-0.05, 0) is 55.3 Å². The summed E-state index contributed by atoms with van der Waals surface area (Å²) in [6.45, 7) is 2.42. The van der Waals surface area contributed by atoms with Crippen molar-refractivity contribution in [2.45, 2.75) is 24.3 Å². The standard InChI is InChI=1S/C23H22N4O4S2/c1-2-31-18-13-11-17(12-14-18)24-23(28)20(15-16-7-4-3-5-8-16)27-33(29,30)21-10-6-9-19-22(21)26-32-25-19/h3-14,20,27H,2,15H2,1H3,(H,24,28)/t20-/m0/s1. The zero-order chi connectivity index (χ0) is 23.3. The lowest BCUT2D eigenvalue weighted by Gasteiger charge is -2.19. The van der Waals surface area contributed by atoms with Gasteiger partial charge in [0.05, 0.1) is 18.3 Å². The molecule has 0 saturated heterocycles. The number of amides is 1. The van der Waals surface area contributed by atoms with Gasteiger partial charge in [0.25, 0.3) is 0 Å². The Morgan fingerprint density at radius 1 is 1.00 bits per heavy atom. The van der Waals surface area contributed by atoms with Crippen molar-refractivity contribution >= 4 is 44.4 Å². The van der Waals surface area contributed by atoms with E-state index in [1.54, 1.807) is 36.4 Å². The zero-order valence-corrected chi connectivity index (χ0v) is 19.4. The van der Waals surface area contributed by atoms with Crippen molar-refractivity contribution in [2.24, 2.45) is 0 Å². The highest BCUT2D eigenvalue weighted by Crippen LogP contribution is 2.22. The summed E-state index contributed by atoms with van der Waals surface area (Å²) < 4.78 is 42.7. The third-order valence-corrected chi connectivity index (χ3v) is 6.91. The molecule has 1 atom stereocenters. The highest BCUT2D eigenvalue weighted by atomic mass is 32.2. The zero-order valence-electron chi connectivity index (χ0n) is 17.8. The van der Waals surface area contributed by atoms with Crippen LogP contribution in [-0.2, 0) is 21.2 Å². The average molecular weight is 483 g/mol. The molecule has 0 unspecified atom stereocenters. The van der Waals surface area contributed by atoms with Crippen molar-refractivity contribution in [3.05, 3.63) is 78.4 Å². The van der Waals surface area contributed by atoms with Crippen LogP contribution >= 0.6 is 11.7 Å². The van der Waals surface area contributed by atoms with Gasteiger partial charge in [0, 0.05) is 5.69 Å². The Bertz CT molecular complexity index is 1340. The van der Waals surface area contributed by atoms with Crippen LogP contribution in [0.1, 0.15) is 12.5 Å². The Hall–Kier alpha value is -3.34. The molecule has 4 aromatic rings. The first kappa shape index (κ1) is 22.8. The van der Waals surface area contributed by atoms with E-state index in [1.807, 2.05) is 37.3 Å². The smallest absolute Gasteiger partial charge is 0.243 e. The Morgan fingerprint density at radius 2 is 1.76 bits per heavy atom. The van der Waals surface area contributed by atoms with Crippen LogP contribution in [0.4, 0.5) is 5.69 Å². The fraction of sp³-hybridized carbons (Fsp3) is 0.174. The van der Waals surface area contributed by atoms with E-state index < -0.39 is 22.0 Å². The highest BCUT2D eigenvalue weighted by Gasteiger charge is 2.28. The molecule has 8 nitrogen and oxygen atoms in total. The molecule has 2 N–H and O–H groups in total. The second kappa shape index (κ2) is 10.1. The van der Waals surface area contributed by atoms with Gasteiger partial charge >= 0.3 is 0 Å². The van der Waals surface area contributed by atoms with Crippen LogP contribution in [0.25, 0.3) is 11.0 Å². The van der Waals surface area contributed by atoms with E-state index >= 15 is 0 Å². The van der Waals surface area contributed by atoms with Crippen LogP contribution in [0.3, 0.4) is 0 Å². The van der Waals surface area contributed by atoms with Crippen LogP contribution in [-0.4, -0.2) is 35.7 Å². The van der Waals surface area contributed by atoms with Gasteiger partial charge in [0.1, 0.15) is 27.7 Å². The molecule has 0 aliphatic heterocycles. The molecule has 4 rings (SSSR count). The summed E-state index contributed by atoms with van der Waals surface area (Å²) in [5.74, 6) is 0.206. The van der Waals surface area contributed by atoms with Crippen molar-refractivity contribution in [1.82, 2.24) is 13.5 Å². The van der Waals surface area contributed by atoms with Crippen molar-refractivity contribution in [3.8, 4) is 5.75 Å². The predicted molar refractivity (Wildman–Crippen MR) is 128 cm³/mol. The number of anilines is 1. The Kier molecular flexibility index (Phi) is 6.97. The molecule has 0 bridgehead atoms. The minimum Gasteiger partial charge on any atom is -0.494 e. The Morgan fingerprint density at radius 3 is 2.48 bits per heavy atom. The molecule has 33 heavy (non-hydrogen) atoms. The largest absolute Gasteiger partial charge is 0.494 e. The molecule has 0 aliphatic rings. The Balaban J connectivity index is 1.60. The lowest BCUT2D eigenvalue weighted by atomic mass is 10.1. The minimum atomic E-state index is -4.05. The molecule has 3 aromatic carbocycles. The molecule has 0 fully saturated rings. The maximum atomic E-state index is 13.2. The van der Waals surface area contributed by atoms with Gasteiger partial charge in [-0.25, -0.2) is 8.42 Å². The summed E-state index contributed by atoms with van der Waals surface area (Å²) in [5.41, 5.74) is 2.12. The molecular formula is C23H22N4O4S2. The van der Waals surface area contributed by atoms with Crippen LogP contribution in [0.15, 0.2) is 77.7 Å². The van der Waals surface area contributed by atoms with Gasteiger partial charge in [-0.2, -0.15) is 13.5 Å². The lowest BCUT2D eigenvalue weighted by Crippen LogP contribution is -2.45. The van der Waals surface area contributed by atoms with Crippen LogP contribution in [0.5, 0.6) is 5.75 Å². The third-order valence-electron chi connectivity index (χ3n) is 4.87. The van der Waals surface area contributed by atoms with Crippen LogP contribution in [0, 0.1) is 0 Å². The first-order valence-corrected chi connectivity index (χ1v) is 12.5. The number of carbonyl (C=O) groups is 1. The van der Waals surface area contributed by atoms with E-state index in [0.717, 1.165) is 17.3 Å². The number of aromatic nitrogens is 2. The lowest BCUT2D eigenvalue weighted by molar-refractivity contribution is -0.117. The van der Waals surface area contributed by atoms with Gasteiger partial charge in [0.2, 0.25) is 15.9 Å². The van der Waals surface area contributed by atoms with Crippen molar-refractivity contribution < 1.29 is 17.9 Å². The van der Waals surface area contributed by atoms with Crippen molar-refractivity contribution in [3.63, 3.8) is 0 Å². The number of hydrogen-bond acceptors (Lipinski definition) is 7. The summed E-state index contributed by atoms with van der Waals surface area (Å²) in [5, 5.41) is 2.79. The van der Waals surface area contributed by atoms with Gasteiger partial charge in [-0.15, -0.1) is 0 Å². The summed E-state index contributed by atoms with van der Waals surface area (Å²) >= 11 is 0.936. The van der Waals surface area contributed by atoms with E-state index in [-0.39, 0.29) is 16.8 Å². The van der Waals surface area contributed by atoms with Gasteiger partial charge in [-0.1, -0.05) is 36.4 Å². The van der Waals surface area contributed by atoms with Gasteiger partial charge < -0.3 is 10.1 Å². The van der Waals surface area contributed by atoms with E-state index in [4.69, 9.17) is 4.74 Å². The SMILES string of the molecule is CCOc1ccc(NC(=O)[C@H](Cc2ccccc2)NS(=O)(=O)c2cccc3nsnc23)cc1. The maximum absolute atomic E-state index is 13.2. The molecule has 1 heterocycles. The monoisotopic (exact) mass is 482 g/mol. The van der Waals surface area contributed by atoms with E-state index in [9.17, 15) is 13.2 Å². The number of ether oxygens (including phenoxy) is 1. The summed E-state index contributed by atoms with van der Waals surface area (Å²) in [4.78, 5) is 13.1. The van der Waals surface area contributed by atoms with Gasteiger partial charge in [-0.3, -0.25) is 4.79 Å². The third kappa shape index (κ3) is 5.54. The average Bonchev–Trinajstić information content (AvgIpc) is 3.29. The number of nitrogens with one attached hydrogen (secondary N) is 2. The van der Waals surface area contributed by atoms with Crippen LogP contribution in [0.2, 0.25) is 0 Å². The van der Waals surface area contributed by atoms with Crippen molar-refractivity contribution in [2.75, 3.05) is 11.9 Å². The highest BCUT2D eigenvalue weighted by molar-refractivity contribution is 7.89. The fourth-order valence-corrected chi connectivity index (χ4v) is 5.28. The number of hydrogen-bond donors (Lipinski definition) is 2. The molecule has 0 aliphatic carbocycles. The van der Waals surface area contributed by atoms with Gasteiger partial charge in [0.15, 0.2) is 0 Å². The molecule has 0 spiro atoms. The maximum Gasteiger partial charge on any atom is 0.243 e. The number of nitrogens with zero attached hydrogens (tertiary/aromatic N) is 2. The predicted octanol–water partition coefficient (Wildman–Crippen LogP) is 3.62. The molecule has 170 valence electrons. The fourth-order valence-electron chi connectivity index (χ4n) is 3.32. The summed E-state index contributed by atoms with van der Waals surface area (Å²) in [6, 6.07) is 19.8. The van der Waals surface area contributed by atoms with Crippen LogP contribution < -0.4 is 14.8 Å². The molecule has 10 heteroatoms. The first-order chi connectivity index (χ1) is 16.0. The number of sulfonamides is 1. The molecular weight excluding hydrogens is 460 g/mol. The molecule has 1 aromatic heterocycles. The number of carbonyl (C=O) groups excluding carboxylic acids is 1. The number of fused-ring (bicyclic) bond motifs is 1. The summed E-state index contributed by atoms with van der Waals surface area (Å²) in [6.07, 6.45) is 0.175. The topological polar surface area (TPSA) is 110 Å². The van der Waals surface area contributed by atoms with Crippen molar-refractivity contribution in [1.29, 1.82) is 0 Å². The number of benzene rings is 3. The van der Waals surface area contributed by atoms with E-state index in [0.29, 0.717) is 23.6 Å². The van der Waals surface area contributed by atoms with E-state index in [1.165, 1.54) is 6.07 Å². The van der Waals surface area contributed by atoms with E-state index in [2.05, 4.69) is 18.8 Å². The first-order valence-electron chi connectivity index (χ1n) is 10.3. The number of rotatable bonds is 9. The second-order valence-electron chi connectivity index (χ2n) is 7.20. The minimum absolute atomic E-state index is 0.0133. The Labute approximate surface area is 196 Å².